The molecule has 0 atom stereocenters. The maximum Gasteiger partial charge on any atom is 0.0769 e. The number of hydrogen-bond donors (Lipinski definition) is 0. The van der Waals surface area contributed by atoms with E-state index in [1.165, 1.54) is 44.6 Å². The van der Waals surface area contributed by atoms with E-state index in [1.807, 2.05) is 0 Å². The smallest absolute Gasteiger partial charge is 0.0769 e. The van der Waals surface area contributed by atoms with Gasteiger partial charge in [0.15, 0.2) is 0 Å². The minimum Gasteiger partial charge on any atom is -0.248 e. The summed E-state index contributed by atoms with van der Waals surface area (Å²) in [6, 6.07) is 21.3. The molecule has 0 aromatic heterocycles. The molecule has 0 aliphatic carbocycles. The van der Waals surface area contributed by atoms with Gasteiger partial charge in [0.2, 0.25) is 0 Å². The zero-order valence-electron chi connectivity index (χ0n) is 29.5. The SMILES string of the molecule is CCC1=C(C)C2=NC1=CC1=NC(=C(c3ccccc3)C3=NC(=CC4=NC(=C2c2ccccc2)C(C)=C4CC)C(CC)=C3C)C(C)=C1CC. The summed E-state index contributed by atoms with van der Waals surface area (Å²) in [6.45, 7) is 17.8. The zero-order valence-corrected chi connectivity index (χ0v) is 29.5. The molecule has 7 rings (SSSR count). The number of hydrogen-bond acceptors (Lipinski definition) is 4. The molecule has 0 amide bonds. The molecular weight excluding hydrogens is 585 g/mol. The largest absolute Gasteiger partial charge is 0.248 e. The van der Waals surface area contributed by atoms with Crippen molar-refractivity contribution < 1.29 is 0 Å². The van der Waals surface area contributed by atoms with Crippen LogP contribution in [0.4, 0.5) is 0 Å². The lowest BCUT2D eigenvalue weighted by Gasteiger charge is -2.13. The van der Waals surface area contributed by atoms with E-state index in [4.69, 9.17) is 20.0 Å². The lowest BCUT2D eigenvalue weighted by molar-refractivity contribution is 1.09. The highest BCUT2D eigenvalue weighted by Crippen LogP contribution is 2.44. The molecule has 0 fully saturated rings. The van der Waals surface area contributed by atoms with Crippen LogP contribution in [-0.2, 0) is 0 Å². The van der Waals surface area contributed by atoms with Crippen LogP contribution < -0.4 is 0 Å². The van der Waals surface area contributed by atoms with E-state index < -0.39 is 0 Å². The van der Waals surface area contributed by atoms with Gasteiger partial charge in [0.25, 0.3) is 0 Å². The van der Waals surface area contributed by atoms with Crippen molar-refractivity contribution in [3.63, 3.8) is 0 Å². The van der Waals surface area contributed by atoms with E-state index in [9.17, 15) is 0 Å². The van der Waals surface area contributed by atoms with Gasteiger partial charge >= 0.3 is 0 Å². The van der Waals surface area contributed by atoms with Crippen LogP contribution in [0.15, 0.2) is 160 Å². The molecule has 0 saturated carbocycles. The fraction of sp³-hybridized carbons (Fsp3) is 0.273. The van der Waals surface area contributed by atoms with Gasteiger partial charge in [-0.15, -0.1) is 0 Å². The average Bonchev–Trinajstić information content (AvgIpc) is 3.79. The molecule has 0 N–H and O–H groups in total. The Morgan fingerprint density at radius 3 is 1.10 bits per heavy atom. The number of rotatable bonds is 6. The second-order valence-electron chi connectivity index (χ2n) is 13.0. The highest BCUT2D eigenvalue weighted by Gasteiger charge is 2.33. The average molecular weight is 629 g/mol. The quantitative estimate of drug-likeness (QED) is 0.306. The molecule has 5 heterocycles. The first-order valence-electron chi connectivity index (χ1n) is 17.5. The van der Waals surface area contributed by atoms with Gasteiger partial charge in [-0.3, -0.25) is 0 Å². The Balaban J connectivity index is 1.63. The van der Waals surface area contributed by atoms with Crippen LogP contribution in [0.25, 0.3) is 11.1 Å². The Morgan fingerprint density at radius 2 is 0.771 bits per heavy atom. The van der Waals surface area contributed by atoms with Gasteiger partial charge in [-0.05, 0) is 121 Å². The molecule has 4 heteroatoms. The van der Waals surface area contributed by atoms with Crippen molar-refractivity contribution in [2.75, 3.05) is 0 Å². The van der Waals surface area contributed by atoms with Crippen molar-refractivity contribution in [1.82, 2.24) is 0 Å². The lowest BCUT2D eigenvalue weighted by atomic mass is 9.90. The maximum atomic E-state index is 5.47. The molecule has 0 radical (unpaired) electrons. The predicted molar refractivity (Wildman–Crippen MR) is 205 cm³/mol. The van der Waals surface area contributed by atoms with Crippen LogP contribution in [-0.4, -0.2) is 22.8 Å². The Hall–Kier alpha value is -4.96. The maximum absolute atomic E-state index is 5.47. The second kappa shape index (κ2) is 12.6. The zero-order chi connectivity index (χ0) is 33.7. The standard InChI is InChI=1S/C44H44N4/c1-9-31-25(5)41-39(29-19-15-13-16-20-29)42-27(7)33(11-3)37(47-42)24-38-34(12-4)28(8)44(48-38)40(30-21-17-14-18-22-30)43-26(6)32(10-2)36(46-43)23-35(31)45-41/h13-24H,9-12H2,1-8H3. The number of benzene rings is 2. The van der Waals surface area contributed by atoms with E-state index >= 15 is 0 Å². The molecule has 2 aromatic carbocycles. The molecule has 0 unspecified atom stereocenters. The third kappa shape index (κ3) is 4.97. The van der Waals surface area contributed by atoms with E-state index in [2.05, 4.69) is 128 Å². The summed E-state index contributed by atoms with van der Waals surface area (Å²) < 4.78 is 0. The Labute approximate surface area is 285 Å². The normalized spacial score (nSPS) is 19.4. The minimum absolute atomic E-state index is 0.883. The van der Waals surface area contributed by atoms with Crippen molar-refractivity contribution >= 4 is 34.0 Å². The van der Waals surface area contributed by atoms with Crippen molar-refractivity contribution in [3.05, 3.63) is 151 Å². The van der Waals surface area contributed by atoms with Gasteiger partial charge in [0, 0.05) is 11.1 Å². The van der Waals surface area contributed by atoms with Crippen LogP contribution in [0.5, 0.6) is 0 Å². The molecule has 0 spiro atoms. The van der Waals surface area contributed by atoms with Crippen molar-refractivity contribution in [3.8, 4) is 0 Å². The number of aliphatic imine (C=N–C) groups is 4. The van der Waals surface area contributed by atoms with Gasteiger partial charge in [0.1, 0.15) is 0 Å². The molecule has 5 aliphatic rings. The highest BCUT2D eigenvalue weighted by molar-refractivity contribution is 6.37. The first kappa shape index (κ1) is 31.6. The fourth-order valence-electron chi connectivity index (χ4n) is 7.90. The molecule has 2 aromatic rings. The molecule has 0 saturated heterocycles. The van der Waals surface area contributed by atoms with E-state index in [-0.39, 0.29) is 0 Å². The van der Waals surface area contributed by atoms with E-state index in [0.29, 0.717) is 0 Å². The summed E-state index contributed by atoms with van der Waals surface area (Å²) in [5, 5.41) is 0. The molecule has 8 bridgehead atoms. The van der Waals surface area contributed by atoms with Crippen LogP contribution >= 0.6 is 0 Å². The molecule has 4 nitrogen and oxygen atoms in total. The highest BCUT2D eigenvalue weighted by atomic mass is 14.9. The predicted octanol–water partition coefficient (Wildman–Crippen LogP) is 11.3. The van der Waals surface area contributed by atoms with Crippen molar-refractivity contribution in [2.45, 2.75) is 81.1 Å². The Kier molecular flexibility index (Phi) is 8.29. The van der Waals surface area contributed by atoms with Crippen LogP contribution in [0.3, 0.4) is 0 Å². The first-order valence-corrected chi connectivity index (χ1v) is 17.5. The van der Waals surface area contributed by atoms with Gasteiger partial charge in [0.05, 0.1) is 45.6 Å². The number of fused-ring (bicyclic) bond motifs is 4. The third-order valence-corrected chi connectivity index (χ3v) is 10.4. The summed E-state index contributed by atoms with van der Waals surface area (Å²) in [7, 11) is 0. The van der Waals surface area contributed by atoms with Gasteiger partial charge in [-0.2, -0.15) is 0 Å². The molecule has 240 valence electrons. The van der Waals surface area contributed by atoms with Gasteiger partial charge < -0.3 is 0 Å². The van der Waals surface area contributed by atoms with E-state index in [1.54, 1.807) is 0 Å². The monoisotopic (exact) mass is 628 g/mol. The summed E-state index contributed by atoms with van der Waals surface area (Å²) >= 11 is 0. The van der Waals surface area contributed by atoms with Crippen molar-refractivity contribution in [1.29, 1.82) is 0 Å². The fourth-order valence-corrected chi connectivity index (χ4v) is 7.90. The number of nitrogens with zero attached hydrogens (tertiary/aromatic N) is 4. The summed E-state index contributed by atoms with van der Waals surface area (Å²) in [5.74, 6) is 0. The second-order valence-corrected chi connectivity index (χ2v) is 13.0. The first-order chi connectivity index (χ1) is 23.3. The molecular formula is C44H44N4. The Bertz CT molecular complexity index is 1990. The number of allylic oxidation sites excluding steroid dienone is 12. The van der Waals surface area contributed by atoms with E-state index in [0.717, 1.165) is 93.6 Å². The third-order valence-electron chi connectivity index (χ3n) is 10.4. The van der Waals surface area contributed by atoms with Crippen LogP contribution in [0.2, 0.25) is 0 Å². The van der Waals surface area contributed by atoms with Gasteiger partial charge in [-0.25, -0.2) is 20.0 Å². The summed E-state index contributed by atoms with van der Waals surface area (Å²) in [6.07, 6.45) is 8.00. The lowest BCUT2D eigenvalue weighted by Crippen LogP contribution is -2.05. The summed E-state index contributed by atoms with van der Waals surface area (Å²) in [4.78, 5) is 21.9. The van der Waals surface area contributed by atoms with Crippen LogP contribution in [0, 0.1) is 0 Å². The van der Waals surface area contributed by atoms with Crippen LogP contribution in [0.1, 0.15) is 92.2 Å². The molecule has 48 heavy (non-hydrogen) atoms. The minimum atomic E-state index is 0.883. The summed E-state index contributed by atoms with van der Waals surface area (Å²) in [5.41, 5.74) is 22.3. The van der Waals surface area contributed by atoms with Gasteiger partial charge in [-0.1, -0.05) is 88.4 Å². The van der Waals surface area contributed by atoms with Crippen molar-refractivity contribution in [2.24, 2.45) is 20.0 Å². The molecule has 5 aliphatic heterocycles. The Morgan fingerprint density at radius 1 is 0.417 bits per heavy atom. The topological polar surface area (TPSA) is 49.4 Å².